The Bertz CT molecular complexity index is 403. The van der Waals surface area contributed by atoms with Crippen LogP contribution >= 0.6 is 15.9 Å². The molecular formula is C15H23BrN2O. The van der Waals surface area contributed by atoms with Gasteiger partial charge < -0.3 is 10.4 Å². The van der Waals surface area contributed by atoms with Crippen molar-refractivity contribution in [3.05, 3.63) is 28.2 Å². The van der Waals surface area contributed by atoms with Crippen molar-refractivity contribution < 1.29 is 5.11 Å². The summed E-state index contributed by atoms with van der Waals surface area (Å²) in [4.78, 5) is 2.43. The Morgan fingerprint density at radius 3 is 2.79 bits per heavy atom. The molecule has 0 spiro atoms. The molecule has 1 aromatic carbocycles. The number of nitrogens with one attached hydrogen (secondary N) is 1. The van der Waals surface area contributed by atoms with Crippen molar-refractivity contribution in [2.45, 2.75) is 26.3 Å². The maximum Gasteiger partial charge on any atom is 0.120 e. The van der Waals surface area contributed by atoms with Crippen LogP contribution in [0.25, 0.3) is 0 Å². The number of hydrogen-bond acceptors (Lipinski definition) is 3. The van der Waals surface area contributed by atoms with Crippen molar-refractivity contribution in [2.24, 2.45) is 5.92 Å². The predicted molar refractivity (Wildman–Crippen MR) is 82.4 cm³/mol. The van der Waals surface area contributed by atoms with Gasteiger partial charge in [0, 0.05) is 16.6 Å². The Morgan fingerprint density at radius 2 is 2.11 bits per heavy atom. The summed E-state index contributed by atoms with van der Waals surface area (Å²) in [5, 5.41) is 13.3. The number of likely N-dealkylation sites (tertiary alicyclic amines) is 1. The third kappa shape index (κ3) is 4.48. The van der Waals surface area contributed by atoms with Crippen LogP contribution in [-0.4, -0.2) is 36.2 Å². The fourth-order valence-electron chi connectivity index (χ4n) is 2.62. The van der Waals surface area contributed by atoms with Crippen molar-refractivity contribution in [3.63, 3.8) is 0 Å². The summed E-state index contributed by atoms with van der Waals surface area (Å²) in [6.45, 7) is 7.47. The molecule has 106 valence electrons. The van der Waals surface area contributed by atoms with Gasteiger partial charge in [-0.3, -0.25) is 4.90 Å². The second-order valence-corrected chi connectivity index (χ2v) is 6.22. The molecule has 1 fully saturated rings. The van der Waals surface area contributed by atoms with Gasteiger partial charge in [0.2, 0.25) is 0 Å². The summed E-state index contributed by atoms with van der Waals surface area (Å²) in [7, 11) is 0. The topological polar surface area (TPSA) is 35.5 Å². The number of aromatic hydroxyl groups is 1. The van der Waals surface area contributed by atoms with E-state index < -0.39 is 0 Å². The predicted octanol–water partition coefficient (Wildman–Crippen LogP) is 2.98. The maximum absolute atomic E-state index is 9.88. The molecule has 1 aliphatic rings. The van der Waals surface area contributed by atoms with Crippen LogP contribution in [0.2, 0.25) is 0 Å². The maximum atomic E-state index is 9.88. The zero-order valence-corrected chi connectivity index (χ0v) is 13.1. The number of rotatable bonds is 5. The Balaban J connectivity index is 1.83. The van der Waals surface area contributed by atoms with Crippen LogP contribution in [0.5, 0.6) is 5.75 Å². The first-order valence-corrected chi connectivity index (χ1v) is 7.88. The number of phenolic OH excluding ortho intramolecular Hbond substituents is 1. The summed E-state index contributed by atoms with van der Waals surface area (Å²) in [5.41, 5.74) is 1.01. The number of nitrogens with zero attached hydrogens (tertiary/aromatic N) is 1. The van der Waals surface area contributed by atoms with Crippen LogP contribution in [0.1, 0.15) is 25.3 Å². The zero-order valence-electron chi connectivity index (χ0n) is 11.5. The normalized spacial score (nSPS) is 17.8. The van der Waals surface area contributed by atoms with Gasteiger partial charge in [0.1, 0.15) is 5.75 Å². The van der Waals surface area contributed by atoms with Crippen molar-refractivity contribution in [1.82, 2.24) is 10.2 Å². The molecule has 1 saturated heterocycles. The van der Waals surface area contributed by atoms with E-state index in [0.29, 0.717) is 5.75 Å². The molecule has 0 atom stereocenters. The molecule has 2 rings (SSSR count). The Morgan fingerprint density at radius 1 is 1.37 bits per heavy atom. The van der Waals surface area contributed by atoms with Gasteiger partial charge in [0.05, 0.1) is 0 Å². The van der Waals surface area contributed by atoms with Crippen molar-refractivity contribution >= 4 is 15.9 Å². The largest absolute Gasteiger partial charge is 0.508 e. The van der Waals surface area contributed by atoms with Crippen LogP contribution in [0.4, 0.5) is 0 Å². The van der Waals surface area contributed by atoms with E-state index in [4.69, 9.17) is 0 Å². The molecule has 4 heteroatoms. The molecule has 0 aromatic heterocycles. The molecule has 0 saturated carbocycles. The lowest BCUT2D eigenvalue weighted by Crippen LogP contribution is -2.36. The number of benzene rings is 1. The summed E-state index contributed by atoms with van der Waals surface area (Å²) in [6, 6.07) is 5.65. The van der Waals surface area contributed by atoms with E-state index >= 15 is 0 Å². The molecule has 3 nitrogen and oxygen atoms in total. The molecule has 0 amide bonds. The van der Waals surface area contributed by atoms with Crippen LogP contribution in [-0.2, 0) is 6.54 Å². The Kier molecular flexibility index (Phi) is 5.67. The van der Waals surface area contributed by atoms with Gasteiger partial charge in [-0.25, -0.2) is 0 Å². The molecule has 0 bridgehead atoms. The van der Waals surface area contributed by atoms with E-state index in [1.54, 1.807) is 6.07 Å². The van der Waals surface area contributed by atoms with Crippen molar-refractivity contribution in [1.29, 1.82) is 0 Å². The fourth-order valence-corrected chi connectivity index (χ4v) is 3.03. The first-order valence-electron chi connectivity index (χ1n) is 7.09. The van der Waals surface area contributed by atoms with Gasteiger partial charge in [-0.05, 0) is 63.1 Å². The van der Waals surface area contributed by atoms with Crippen LogP contribution < -0.4 is 5.32 Å². The van der Waals surface area contributed by atoms with E-state index in [1.807, 2.05) is 12.1 Å². The Labute approximate surface area is 124 Å². The third-order valence-electron chi connectivity index (χ3n) is 3.83. The van der Waals surface area contributed by atoms with Gasteiger partial charge in [-0.1, -0.05) is 22.9 Å². The summed E-state index contributed by atoms with van der Waals surface area (Å²) < 4.78 is 1.03. The van der Waals surface area contributed by atoms with Crippen LogP contribution in [0.3, 0.4) is 0 Å². The molecule has 0 unspecified atom stereocenters. The van der Waals surface area contributed by atoms with Gasteiger partial charge in [0.15, 0.2) is 0 Å². The van der Waals surface area contributed by atoms with E-state index in [9.17, 15) is 5.11 Å². The minimum atomic E-state index is 0.401. The van der Waals surface area contributed by atoms with Crippen LogP contribution in [0, 0.1) is 5.92 Å². The quantitative estimate of drug-likeness (QED) is 0.873. The summed E-state index contributed by atoms with van der Waals surface area (Å²) in [5.74, 6) is 1.21. The van der Waals surface area contributed by atoms with Gasteiger partial charge in [0.25, 0.3) is 0 Å². The monoisotopic (exact) mass is 326 g/mol. The number of hydrogen-bond donors (Lipinski definition) is 2. The van der Waals surface area contributed by atoms with E-state index in [0.717, 1.165) is 48.7 Å². The Hall–Kier alpha value is -0.580. The molecule has 19 heavy (non-hydrogen) atoms. The van der Waals surface area contributed by atoms with Gasteiger partial charge in [-0.15, -0.1) is 0 Å². The molecule has 1 heterocycles. The fraction of sp³-hybridized carbons (Fsp3) is 0.600. The number of phenols is 1. The summed E-state index contributed by atoms with van der Waals surface area (Å²) in [6.07, 6.45) is 2.50. The highest BCUT2D eigenvalue weighted by Gasteiger charge is 2.19. The molecular weight excluding hydrogens is 304 g/mol. The smallest absolute Gasteiger partial charge is 0.120 e. The van der Waals surface area contributed by atoms with E-state index in [1.165, 1.54) is 12.8 Å². The highest BCUT2D eigenvalue weighted by molar-refractivity contribution is 9.10. The highest BCUT2D eigenvalue weighted by atomic mass is 79.9. The van der Waals surface area contributed by atoms with E-state index in [-0.39, 0.29) is 0 Å². The zero-order chi connectivity index (χ0) is 13.7. The highest BCUT2D eigenvalue weighted by Crippen LogP contribution is 2.25. The minimum Gasteiger partial charge on any atom is -0.508 e. The minimum absolute atomic E-state index is 0.401. The van der Waals surface area contributed by atoms with E-state index in [2.05, 4.69) is 33.1 Å². The molecule has 0 radical (unpaired) electrons. The standard InChI is InChI=1S/C15H23BrN2O/c1-2-17-10-12-5-7-18(8-6-12)11-13-9-14(16)3-4-15(13)19/h3-4,9,12,17,19H,2,5-8,10-11H2,1H3. The lowest BCUT2D eigenvalue weighted by molar-refractivity contribution is 0.174. The third-order valence-corrected chi connectivity index (χ3v) is 4.32. The molecule has 0 aliphatic carbocycles. The van der Waals surface area contributed by atoms with Gasteiger partial charge >= 0.3 is 0 Å². The SMILES string of the molecule is CCNCC1CCN(Cc2cc(Br)ccc2O)CC1. The average molecular weight is 327 g/mol. The molecule has 1 aliphatic heterocycles. The first kappa shape index (κ1) is 14.8. The lowest BCUT2D eigenvalue weighted by atomic mass is 9.96. The number of piperidine rings is 1. The van der Waals surface area contributed by atoms with Crippen molar-refractivity contribution in [3.8, 4) is 5.75 Å². The first-order chi connectivity index (χ1) is 9.19. The number of halogens is 1. The average Bonchev–Trinajstić information content (AvgIpc) is 2.42. The van der Waals surface area contributed by atoms with Crippen LogP contribution in [0.15, 0.2) is 22.7 Å². The second kappa shape index (κ2) is 7.27. The van der Waals surface area contributed by atoms with Crippen molar-refractivity contribution in [2.75, 3.05) is 26.2 Å². The molecule has 2 N–H and O–H groups in total. The molecule has 1 aromatic rings. The summed E-state index contributed by atoms with van der Waals surface area (Å²) >= 11 is 3.46. The van der Waals surface area contributed by atoms with Gasteiger partial charge in [-0.2, -0.15) is 0 Å². The second-order valence-electron chi connectivity index (χ2n) is 5.30. The lowest BCUT2D eigenvalue weighted by Gasteiger charge is -2.32.